The number of nitrogens with one attached hydrogen (secondary N) is 2. The minimum atomic E-state index is 0.419. The van der Waals surface area contributed by atoms with Gasteiger partial charge in [-0.3, -0.25) is 0 Å². The van der Waals surface area contributed by atoms with E-state index >= 15 is 0 Å². The van der Waals surface area contributed by atoms with Crippen molar-refractivity contribution in [2.45, 2.75) is 44.7 Å². The Morgan fingerprint density at radius 2 is 2.00 bits per heavy atom. The van der Waals surface area contributed by atoms with E-state index in [9.17, 15) is 0 Å². The van der Waals surface area contributed by atoms with E-state index in [1.807, 2.05) is 18.2 Å². The fourth-order valence-electron chi connectivity index (χ4n) is 3.13. The van der Waals surface area contributed by atoms with Crippen LogP contribution in [0.4, 0.5) is 5.69 Å². The van der Waals surface area contributed by atoms with Crippen LogP contribution in [-0.4, -0.2) is 43.3 Å². The monoisotopic (exact) mass is 321 g/mol. The van der Waals surface area contributed by atoms with Crippen LogP contribution in [0.15, 0.2) is 18.2 Å². The summed E-state index contributed by atoms with van der Waals surface area (Å²) in [4.78, 5) is 2.30. The molecule has 0 spiro atoms. The summed E-state index contributed by atoms with van der Waals surface area (Å²) in [7, 11) is 5.97. The van der Waals surface area contributed by atoms with Crippen LogP contribution < -0.4 is 15.4 Å². The number of thiocarbonyl (C=S) groups is 1. The molecule has 1 aromatic rings. The zero-order chi connectivity index (χ0) is 16.1. The van der Waals surface area contributed by atoms with Crippen LogP contribution >= 0.6 is 12.2 Å². The zero-order valence-corrected chi connectivity index (χ0v) is 14.8. The van der Waals surface area contributed by atoms with Crippen LogP contribution in [0.3, 0.4) is 0 Å². The van der Waals surface area contributed by atoms with Crippen LogP contribution in [0.2, 0.25) is 0 Å². The fraction of sp³-hybridized carbons (Fsp3) is 0.588. The first-order valence-corrected chi connectivity index (χ1v) is 8.30. The normalized spacial score (nSPS) is 21.5. The zero-order valence-electron chi connectivity index (χ0n) is 14.0. The molecule has 1 fully saturated rings. The van der Waals surface area contributed by atoms with E-state index in [4.69, 9.17) is 17.0 Å². The van der Waals surface area contributed by atoms with E-state index in [1.165, 1.54) is 25.7 Å². The van der Waals surface area contributed by atoms with E-state index in [0.717, 1.165) is 17.0 Å². The molecular weight excluding hydrogens is 294 g/mol. The summed E-state index contributed by atoms with van der Waals surface area (Å²) in [5, 5.41) is 7.52. The van der Waals surface area contributed by atoms with Gasteiger partial charge >= 0.3 is 0 Å². The number of likely N-dealkylation sites (N-methyl/N-ethyl adjacent to an activating group) is 1. The summed E-state index contributed by atoms with van der Waals surface area (Å²) in [6.07, 6.45) is 4.98. The maximum absolute atomic E-state index is 5.51. The van der Waals surface area contributed by atoms with Gasteiger partial charge in [-0.15, -0.1) is 0 Å². The van der Waals surface area contributed by atoms with Gasteiger partial charge in [0.15, 0.2) is 5.11 Å². The van der Waals surface area contributed by atoms with Gasteiger partial charge < -0.3 is 20.3 Å². The number of hydrogen-bond acceptors (Lipinski definition) is 3. The Morgan fingerprint density at radius 1 is 1.27 bits per heavy atom. The van der Waals surface area contributed by atoms with Crippen molar-refractivity contribution in [1.82, 2.24) is 10.2 Å². The summed E-state index contributed by atoms with van der Waals surface area (Å²) in [5.41, 5.74) is 2.15. The largest absolute Gasteiger partial charge is 0.497 e. The lowest BCUT2D eigenvalue weighted by atomic mass is 9.90. The second kappa shape index (κ2) is 7.79. The molecule has 0 amide bonds. The van der Waals surface area contributed by atoms with Gasteiger partial charge in [0.1, 0.15) is 5.75 Å². The van der Waals surface area contributed by atoms with Crippen molar-refractivity contribution in [1.29, 1.82) is 0 Å². The number of aryl methyl sites for hydroxylation is 1. The second-order valence-corrected chi connectivity index (χ2v) is 6.61. The molecule has 1 aromatic carbocycles. The van der Waals surface area contributed by atoms with E-state index < -0.39 is 0 Å². The van der Waals surface area contributed by atoms with Crippen molar-refractivity contribution in [2.75, 3.05) is 26.5 Å². The molecule has 5 heteroatoms. The van der Waals surface area contributed by atoms with Crippen molar-refractivity contribution in [3.05, 3.63) is 23.8 Å². The van der Waals surface area contributed by atoms with Gasteiger partial charge in [-0.2, -0.15) is 0 Å². The Bertz CT molecular complexity index is 519. The van der Waals surface area contributed by atoms with Gasteiger partial charge in [0, 0.05) is 17.8 Å². The predicted octanol–water partition coefficient (Wildman–Crippen LogP) is 3.16. The number of hydrogen-bond donors (Lipinski definition) is 2. The standard InChI is InChI=1S/C17H27N3OS/c1-12-11-13(21-4)9-10-14(12)18-17(22)19-15-7-5-6-8-16(15)20(2)3/h9-11,15-16H,5-8H2,1-4H3,(H2,18,19,22)/t15-,16-/m1/s1. The maximum Gasteiger partial charge on any atom is 0.171 e. The molecule has 1 saturated carbocycles. The average Bonchev–Trinajstić information content (AvgIpc) is 2.49. The molecule has 22 heavy (non-hydrogen) atoms. The molecule has 0 heterocycles. The summed E-state index contributed by atoms with van der Waals surface area (Å²) in [6, 6.07) is 6.93. The van der Waals surface area contributed by atoms with Gasteiger partial charge in [-0.25, -0.2) is 0 Å². The van der Waals surface area contributed by atoms with E-state index in [0.29, 0.717) is 17.2 Å². The molecule has 4 nitrogen and oxygen atoms in total. The molecular formula is C17H27N3OS. The summed E-state index contributed by atoms with van der Waals surface area (Å²) >= 11 is 5.51. The molecule has 0 bridgehead atoms. The smallest absolute Gasteiger partial charge is 0.171 e. The quantitative estimate of drug-likeness (QED) is 0.833. The molecule has 0 aliphatic heterocycles. The molecule has 2 atom stereocenters. The lowest BCUT2D eigenvalue weighted by Gasteiger charge is -2.37. The molecule has 0 radical (unpaired) electrons. The molecule has 2 rings (SSSR count). The van der Waals surface area contributed by atoms with Crippen molar-refractivity contribution in [2.24, 2.45) is 0 Å². The SMILES string of the molecule is COc1ccc(NC(=S)N[C@@H]2CCCC[C@H]2N(C)C)c(C)c1. The van der Waals surface area contributed by atoms with Crippen molar-refractivity contribution in [3.63, 3.8) is 0 Å². The number of methoxy groups -OCH3 is 1. The van der Waals surface area contributed by atoms with Crippen LogP contribution in [0.5, 0.6) is 5.75 Å². The minimum absolute atomic E-state index is 0.419. The molecule has 1 aliphatic rings. The van der Waals surface area contributed by atoms with Crippen LogP contribution in [0.1, 0.15) is 31.2 Å². The number of ether oxygens (including phenoxy) is 1. The summed E-state index contributed by atoms with van der Waals surface area (Å²) in [5.74, 6) is 0.863. The third-order valence-corrected chi connectivity index (χ3v) is 4.61. The van der Waals surface area contributed by atoms with Gasteiger partial charge in [-0.1, -0.05) is 12.8 Å². The predicted molar refractivity (Wildman–Crippen MR) is 96.8 cm³/mol. The molecule has 0 saturated heterocycles. The molecule has 0 unspecified atom stereocenters. The number of benzene rings is 1. The van der Waals surface area contributed by atoms with Gasteiger partial charge in [0.25, 0.3) is 0 Å². The highest BCUT2D eigenvalue weighted by atomic mass is 32.1. The number of anilines is 1. The first-order chi connectivity index (χ1) is 10.5. The Hall–Kier alpha value is -1.33. The highest BCUT2D eigenvalue weighted by molar-refractivity contribution is 7.80. The van der Waals surface area contributed by atoms with E-state index in [2.05, 4.69) is 36.6 Å². The average molecular weight is 321 g/mol. The first kappa shape index (κ1) is 17.0. The Balaban J connectivity index is 1.97. The van der Waals surface area contributed by atoms with Crippen LogP contribution in [0, 0.1) is 6.92 Å². The number of nitrogens with zero attached hydrogens (tertiary/aromatic N) is 1. The highest BCUT2D eigenvalue weighted by Gasteiger charge is 2.27. The maximum atomic E-state index is 5.51. The third-order valence-electron chi connectivity index (χ3n) is 4.39. The van der Waals surface area contributed by atoms with E-state index in [1.54, 1.807) is 7.11 Å². The molecule has 1 aliphatic carbocycles. The third kappa shape index (κ3) is 4.34. The molecule has 2 N–H and O–H groups in total. The van der Waals surface area contributed by atoms with Gasteiger partial charge in [0.2, 0.25) is 0 Å². The van der Waals surface area contributed by atoms with Crippen molar-refractivity contribution >= 4 is 23.0 Å². The second-order valence-electron chi connectivity index (χ2n) is 6.20. The minimum Gasteiger partial charge on any atom is -0.497 e. The Kier molecular flexibility index (Phi) is 6.03. The van der Waals surface area contributed by atoms with E-state index in [-0.39, 0.29) is 0 Å². The number of rotatable bonds is 4. The van der Waals surface area contributed by atoms with Gasteiger partial charge in [-0.05, 0) is 69.8 Å². The highest BCUT2D eigenvalue weighted by Crippen LogP contribution is 2.23. The Labute approximate surface area is 139 Å². The summed E-state index contributed by atoms with van der Waals surface area (Å²) in [6.45, 7) is 2.05. The van der Waals surface area contributed by atoms with Crippen LogP contribution in [-0.2, 0) is 0 Å². The van der Waals surface area contributed by atoms with Crippen LogP contribution in [0.25, 0.3) is 0 Å². The summed E-state index contributed by atoms with van der Waals surface area (Å²) < 4.78 is 5.24. The molecule has 0 aromatic heterocycles. The van der Waals surface area contributed by atoms with Gasteiger partial charge in [0.05, 0.1) is 7.11 Å². The first-order valence-electron chi connectivity index (χ1n) is 7.90. The lowest BCUT2D eigenvalue weighted by Crippen LogP contribution is -2.52. The molecule has 122 valence electrons. The van der Waals surface area contributed by atoms with Crippen molar-refractivity contribution in [3.8, 4) is 5.75 Å². The lowest BCUT2D eigenvalue weighted by molar-refractivity contribution is 0.190. The van der Waals surface area contributed by atoms with Crippen molar-refractivity contribution < 1.29 is 4.74 Å². The fourth-order valence-corrected chi connectivity index (χ4v) is 3.39. The topological polar surface area (TPSA) is 36.5 Å². The Morgan fingerprint density at radius 3 is 2.64 bits per heavy atom.